The normalized spacial score (nSPS) is 9.56. The summed E-state index contributed by atoms with van der Waals surface area (Å²) < 4.78 is 4.83. The third-order valence-electron chi connectivity index (χ3n) is 3.70. The van der Waals surface area contributed by atoms with Gasteiger partial charge >= 0.3 is 0 Å². The predicted octanol–water partition coefficient (Wildman–Crippen LogP) is 6.03. The minimum atomic E-state index is 0.844. The fourth-order valence-electron chi connectivity index (χ4n) is 2.39. The molecule has 0 radical (unpaired) electrons. The van der Waals surface area contributed by atoms with Gasteiger partial charge in [0, 0.05) is 24.8 Å². The Morgan fingerprint density at radius 1 is 0.667 bits per heavy atom. The van der Waals surface area contributed by atoms with Gasteiger partial charge in [0.15, 0.2) is 0 Å². The number of para-hydroxylation sites is 1. The average molecular weight is 358 g/mol. The molecular weight excluding hydrogens is 332 g/mol. The maximum atomic E-state index is 4.83. The first-order valence-electron chi connectivity index (χ1n) is 9.18. The summed E-state index contributed by atoms with van der Waals surface area (Å²) in [7, 11) is 0. The molecule has 0 fully saturated rings. The molecule has 0 spiro atoms. The molecule has 1 aromatic heterocycles. The highest BCUT2D eigenvalue weighted by molar-refractivity contribution is 5.76. The Bertz CT molecular complexity index is 775. The van der Waals surface area contributed by atoms with Gasteiger partial charge in [0.25, 0.3) is 0 Å². The minimum absolute atomic E-state index is 0.844. The fraction of sp³-hybridized carbons (Fsp3) is 0.167. The fourth-order valence-corrected chi connectivity index (χ4v) is 2.39. The van der Waals surface area contributed by atoms with Gasteiger partial charge in [-0.15, -0.1) is 0 Å². The van der Waals surface area contributed by atoms with E-state index in [4.69, 9.17) is 4.74 Å². The number of rotatable bonds is 3. The molecule has 4 rings (SSSR count). The number of hydrogen-bond acceptors (Lipinski definition) is 3. The molecule has 138 valence electrons. The minimum Gasteiger partial charge on any atom is -0.382 e. The van der Waals surface area contributed by atoms with Crippen molar-refractivity contribution < 1.29 is 4.74 Å². The zero-order valence-electron chi connectivity index (χ0n) is 16.0. The van der Waals surface area contributed by atoms with E-state index in [2.05, 4.69) is 58.5 Å². The van der Waals surface area contributed by atoms with Crippen molar-refractivity contribution >= 4 is 10.9 Å². The van der Waals surface area contributed by atoms with Gasteiger partial charge < -0.3 is 4.74 Å². The molecule has 3 heteroatoms. The summed E-state index contributed by atoms with van der Waals surface area (Å²) >= 11 is 0. The van der Waals surface area contributed by atoms with Crippen LogP contribution < -0.4 is 0 Å². The number of benzene rings is 3. The summed E-state index contributed by atoms with van der Waals surface area (Å²) in [6.45, 7) is 5.67. The van der Waals surface area contributed by atoms with E-state index in [1.165, 1.54) is 11.1 Å². The molecule has 1 heterocycles. The van der Waals surface area contributed by atoms with Gasteiger partial charge in [0.2, 0.25) is 0 Å². The Labute approximate surface area is 161 Å². The molecule has 0 saturated heterocycles. The summed E-state index contributed by atoms with van der Waals surface area (Å²) in [6.07, 6.45) is 3.37. The molecule has 27 heavy (non-hydrogen) atoms. The second-order valence-electron chi connectivity index (χ2n) is 5.60. The zero-order valence-corrected chi connectivity index (χ0v) is 16.0. The van der Waals surface area contributed by atoms with Gasteiger partial charge in [-0.25, -0.2) is 9.97 Å². The Morgan fingerprint density at radius 2 is 1.19 bits per heavy atom. The first kappa shape index (κ1) is 20.3. The van der Waals surface area contributed by atoms with Crippen molar-refractivity contribution in [1.29, 1.82) is 0 Å². The Morgan fingerprint density at radius 3 is 1.67 bits per heavy atom. The van der Waals surface area contributed by atoms with Crippen LogP contribution in [0.1, 0.15) is 13.8 Å². The molecule has 0 atom stereocenters. The lowest BCUT2D eigenvalue weighted by Crippen LogP contribution is -1.84. The molecule has 0 unspecified atom stereocenters. The molecule has 0 saturated carbocycles. The van der Waals surface area contributed by atoms with E-state index < -0.39 is 0 Å². The third kappa shape index (κ3) is 7.38. The van der Waals surface area contributed by atoms with Crippen LogP contribution in [0.5, 0.6) is 0 Å². The Hall–Kier alpha value is -3.04. The second kappa shape index (κ2) is 12.3. The highest BCUT2D eigenvalue weighted by atomic mass is 16.5. The van der Waals surface area contributed by atoms with Crippen LogP contribution in [0.2, 0.25) is 0 Å². The first-order chi connectivity index (χ1) is 13.3. The van der Waals surface area contributed by atoms with Crippen LogP contribution in [-0.2, 0) is 4.74 Å². The van der Waals surface area contributed by atoms with Crippen molar-refractivity contribution in [1.82, 2.24) is 9.97 Å². The molecule has 0 bridgehead atoms. The Kier molecular flexibility index (Phi) is 9.26. The zero-order chi connectivity index (χ0) is 19.2. The lowest BCUT2D eigenvalue weighted by atomic mass is 10.1. The van der Waals surface area contributed by atoms with Crippen molar-refractivity contribution in [2.45, 2.75) is 13.8 Å². The van der Waals surface area contributed by atoms with E-state index in [0.717, 1.165) is 24.1 Å². The van der Waals surface area contributed by atoms with Gasteiger partial charge in [0.1, 0.15) is 6.33 Å². The van der Waals surface area contributed by atoms with Crippen molar-refractivity contribution in [2.24, 2.45) is 0 Å². The van der Waals surface area contributed by atoms with Gasteiger partial charge in [-0.1, -0.05) is 78.9 Å². The highest BCUT2D eigenvalue weighted by Crippen LogP contribution is 2.17. The molecule has 0 aliphatic carbocycles. The van der Waals surface area contributed by atoms with Crippen LogP contribution >= 0.6 is 0 Å². The molecule has 0 N–H and O–H groups in total. The van der Waals surface area contributed by atoms with Crippen LogP contribution in [0.3, 0.4) is 0 Å². The van der Waals surface area contributed by atoms with Crippen molar-refractivity contribution in [3.63, 3.8) is 0 Å². The van der Waals surface area contributed by atoms with Crippen molar-refractivity contribution in [3.8, 4) is 11.1 Å². The maximum absolute atomic E-state index is 4.83. The van der Waals surface area contributed by atoms with E-state index in [1.807, 2.05) is 56.4 Å². The molecule has 4 aromatic rings. The number of hydrogen-bond donors (Lipinski definition) is 0. The van der Waals surface area contributed by atoms with Gasteiger partial charge in [0.05, 0.1) is 5.52 Å². The average Bonchev–Trinajstić information content (AvgIpc) is 2.77. The lowest BCUT2D eigenvalue weighted by Gasteiger charge is -1.98. The Balaban J connectivity index is 0.000000158. The summed E-state index contributed by atoms with van der Waals surface area (Å²) in [5, 5.41) is 1.09. The SMILES string of the molecule is CCOCC.c1ccc(-c2ccccc2)cc1.c1ccc2ncncc2c1. The number of fused-ring (bicyclic) bond motifs is 1. The van der Waals surface area contributed by atoms with E-state index in [1.54, 1.807) is 6.33 Å². The molecular formula is C24H26N2O. The van der Waals surface area contributed by atoms with Crippen LogP contribution in [0, 0.1) is 0 Å². The molecule has 0 aliphatic heterocycles. The van der Waals surface area contributed by atoms with Crippen LogP contribution in [0.25, 0.3) is 22.0 Å². The predicted molar refractivity (Wildman–Crippen MR) is 114 cm³/mol. The monoisotopic (exact) mass is 358 g/mol. The first-order valence-corrected chi connectivity index (χ1v) is 9.18. The summed E-state index contributed by atoms with van der Waals surface area (Å²) in [4.78, 5) is 7.97. The van der Waals surface area contributed by atoms with Crippen LogP contribution in [0.4, 0.5) is 0 Å². The topological polar surface area (TPSA) is 35.0 Å². The summed E-state index contributed by atoms with van der Waals surface area (Å²) in [6, 6.07) is 28.7. The molecule has 3 aromatic carbocycles. The van der Waals surface area contributed by atoms with Crippen molar-refractivity contribution in [2.75, 3.05) is 13.2 Å². The van der Waals surface area contributed by atoms with E-state index >= 15 is 0 Å². The third-order valence-corrected chi connectivity index (χ3v) is 3.70. The van der Waals surface area contributed by atoms with Crippen LogP contribution in [-0.4, -0.2) is 23.2 Å². The number of nitrogens with zero attached hydrogens (tertiary/aromatic N) is 2. The standard InChI is InChI=1S/C12H10.C8H6N2.C4H10O/c1-3-7-11(8-4-1)12-9-5-2-6-10-12;1-2-4-8-7(3-1)5-9-6-10-8;1-3-5-4-2/h1-10H;1-6H;3-4H2,1-2H3. The van der Waals surface area contributed by atoms with Crippen molar-refractivity contribution in [3.05, 3.63) is 97.5 Å². The maximum Gasteiger partial charge on any atom is 0.116 e. The van der Waals surface area contributed by atoms with E-state index in [9.17, 15) is 0 Å². The molecule has 3 nitrogen and oxygen atoms in total. The quantitative estimate of drug-likeness (QED) is 0.449. The highest BCUT2D eigenvalue weighted by Gasteiger charge is 1.91. The summed E-state index contributed by atoms with van der Waals surface area (Å²) in [5.74, 6) is 0. The number of ether oxygens (including phenoxy) is 1. The van der Waals surface area contributed by atoms with Gasteiger partial charge in [-0.05, 0) is 31.0 Å². The van der Waals surface area contributed by atoms with Gasteiger partial charge in [-0.2, -0.15) is 0 Å². The van der Waals surface area contributed by atoms with E-state index in [-0.39, 0.29) is 0 Å². The lowest BCUT2D eigenvalue weighted by molar-refractivity contribution is 0.162. The van der Waals surface area contributed by atoms with Crippen LogP contribution in [0.15, 0.2) is 97.5 Å². The second-order valence-corrected chi connectivity index (χ2v) is 5.60. The van der Waals surface area contributed by atoms with Gasteiger partial charge in [-0.3, -0.25) is 0 Å². The smallest absolute Gasteiger partial charge is 0.116 e. The largest absolute Gasteiger partial charge is 0.382 e. The number of aromatic nitrogens is 2. The molecule has 0 aliphatic rings. The molecule has 0 amide bonds. The van der Waals surface area contributed by atoms with E-state index in [0.29, 0.717) is 0 Å². The summed E-state index contributed by atoms with van der Waals surface area (Å²) in [5.41, 5.74) is 3.55.